The molecule has 0 aliphatic carbocycles. The number of rotatable bonds is 4. The van der Waals surface area contributed by atoms with E-state index in [-0.39, 0.29) is 21.4 Å². The third-order valence-electron chi connectivity index (χ3n) is 2.53. The fraction of sp³-hybridized carbons (Fsp3) is 0.167. The van der Waals surface area contributed by atoms with Gasteiger partial charge in [-0.1, -0.05) is 23.2 Å². The van der Waals surface area contributed by atoms with Crippen molar-refractivity contribution < 1.29 is 4.92 Å². The molecular formula is C12H10Cl2N4O2. The van der Waals surface area contributed by atoms with E-state index in [0.29, 0.717) is 12.2 Å². The van der Waals surface area contributed by atoms with Gasteiger partial charge in [-0.3, -0.25) is 20.1 Å². The van der Waals surface area contributed by atoms with E-state index in [4.69, 9.17) is 23.2 Å². The first-order valence-corrected chi connectivity index (χ1v) is 6.38. The van der Waals surface area contributed by atoms with Gasteiger partial charge in [0.1, 0.15) is 5.69 Å². The van der Waals surface area contributed by atoms with Crippen molar-refractivity contribution in [2.45, 2.75) is 13.5 Å². The van der Waals surface area contributed by atoms with Crippen LogP contribution in [-0.4, -0.2) is 14.9 Å². The molecule has 1 aromatic carbocycles. The Labute approximate surface area is 124 Å². The van der Waals surface area contributed by atoms with Crippen molar-refractivity contribution in [3.05, 3.63) is 56.1 Å². The highest BCUT2D eigenvalue weighted by Crippen LogP contribution is 2.34. The molecule has 0 saturated heterocycles. The van der Waals surface area contributed by atoms with Gasteiger partial charge in [-0.05, 0) is 13.0 Å². The van der Waals surface area contributed by atoms with Gasteiger partial charge in [0.05, 0.1) is 39.1 Å². The molecule has 0 saturated carbocycles. The second-order valence-corrected chi connectivity index (χ2v) is 4.86. The predicted octanol–water partition coefficient (Wildman–Crippen LogP) is 3.61. The zero-order valence-corrected chi connectivity index (χ0v) is 11.9. The second kappa shape index (κ2) is 6.02. The van der Waals surface area contributed by atoms with E-state index in [1.807, 2.05) is 6.92 Å². The fourth-order valence-corrected chi connectivity index (χ4v) is 1.85. The zero-order valence-electron chi connectivity index (χ0n) is 10.4. The minimum Gasteiger partial charge on any atom is -0.374 e. The van der Waals surface area contributed by atoms with Crippen LogP contribution in [0, 0.1) is 17.0 Å². The predicted molar refractivity (Wildman–Crippen MR) is 77.2 cm³/mol. The third-order valence-corrected chi connectivity index (χ3v) is 3.25. The number of nitro groups is 1. The Hall–Kier alpha value is -1.92. The number of hydrogen-bond acceptors (Lipinski definition) is 5. The second-order valence-electron chi connectivity index (χ2n) is 4.04. The molecule has 1 heterocycles. The molecular weight excluding hydrogens is 303 g/mol. The van der Waals surface area contributed by atoms with Crippen LogP contribution < -0.4 is 5.32 Å². The summed E-state index contributed by atoms with van der Waals surface area (Å²) in [6.07, 6.45) is 3.23. The lowest BCUT2D eigenvalue weighted by molar-refractivity contribution is -0.383. The average Bonchev–Trinajstić information content (AvgIpc) is 2.41. The summed E-state index contributed by atoms with van der Waals surface area (Å²) >= 11 is 11.6. The molecule has 20 heavy (non-hydrogen) atoms. The van der Waals surface area contributed by atoms with Gasteiger partial charge >= 0.3 is 0 Å². The number of nitro benzene ring substituents is 1. The van der Waals surface area contributed by atoms with Crippen molar-refractivity contribution in [2.75, 3.05) is 5.32 Å². The number of benzene rings is 1. The van der Waals surface area contributed by atoms with Crippen LogP contribution in [0.2, 0.25) is 10.0 Å². The molecule has 0 fully saturated rings. The molecule has 6 nitrogen and oxygen atoms in total. The van der Waals surface area contributed by atoms with Crippen LogP contribution in [0.4, 0.5) is 11.4 Å². The summed E-state index contributed by atoms with van der Waals surface area (Å²) in [5, 5.41) is 14.3. The summed E-state index contributed by atoms with van der Waals surface area (Å²) in [4.78, 5) is 18.7. The summed E-state index contributed by atoms with van der Waals surface area (Å²) < 4.78 is 0. The maximum Gasteiger partial charge on any atom is 0.293 e. The fourth-order valence-electron chi connectivity index (χ4n) is 1.53. The van der Waals surface area contributed by atoms with Crippen molar-refractivity contribution in [1.29, 1.82) is 0 Å². The quantitative estimate of drug-likeness (QED) is 0.689. The van der Waals surface area contributed by atoms with Crippen molar-refractivity contribution in [2.24, 2.45) is 0 Å². The first-order valence-electron chi connectivity index (χ1n) is 5.62. The summed E-state index contributed by atoms with van der Waals surface area (Å²) in [7, 11) is 0. The Bertz CT molecular complexity index is 647. The number of aromatic nitrogens is 2. The molecule has 0 radical (unpaired) electrons. The maximum absolute atomic E-state index is 11.0. The first kappa shape index (κ1) is 14.5. The van der Waals surface area contributed by atoms with Crippen LogP contribution in [-0.2, 0) is 6.54 Å². The van der Waals surface area contributed by atoms with E-state index in [2.05, 4.69) is 15.3 Å². The lowest BCUT2D eigenvalue weighted by Gasteiger charge is -2.08. The molecule has 0 spiro atoms. The number of nitrogens with one attached hydrogen (secondary N) is 1. The molecule has 0 aliphatic heterocycles. The maximum atomic E-state index is 11.0. The highest BCUT2D eigenvalue weighted by atomic mass is 35.5. The summed E-state index contributed by atoms with van der Waals surface area (Å²) in [6.45, 7) is 2.13. The lowest BCUT2D eigenvalue weighted by atomic mass is 10.2. The standard InChI is InChI=1S/C12H10Cl2N4O2/c1-7-4-16-8(5-15-7)6-17-11-2-9(13)10(14)3-12(11)18(19)20/h2-5,17H,6H2,1H3. The third kappa shape index (κ3) is 3.34. The van der Waals surface area contributed by atoms with E-state index in [0.717, 1.165) is 5.69 Å². The van der Waals surface area contributed by atoms with Gasteiger partial charge in [0.25, 0.3) is 5.69 Å². The van der Waals surface area contributed by atoms with Crippen molar-refractivity contribution in [1.82, 2.24) is 9.97 Å². The number of anilines is 1. The van der Waals surface area contributed by atoms with E-state index in [1.165, 1.54) is 12.1 Å². The highest BCUT2D eigenvalue weighted by molar-refractivity contribution is 6.42. The average molecular weight is 313 g/mol. The highest BCUT2D eigenvalue weighted by Gasteiger charge is 2.16. The number of halogens is 2. The molecule has 0 amide bonds. The van der Waals surface area contributed by atoms with Gasteiger partial charge in [0.2, 0.25) is 0 Å². The lowest BCUT2D eigenvalue weighted by Crippen LogP contribution is -2.05. The number of nitrogens with zero attached hydrogens (tertiary/aromatic N) is 3. The Balaban J connectivity index is 2.22. The van der Waals surface area contributed by atoms with Gasteiger partial charge in [-0.15, -0.1) is 0 Å². The first-order chi connectivity index (χ1) is 9.47. The normalized spacial score (nSPS) is 10.3. The monoisotopic (exact) mass is 312 g/mol. The summed E-state index contributed by atoms with van der Waals surface area (Å²) in [5.74, 6) is 0. The van der Waals surface area contributed by atoms with Crippen molar-refractivity contribution >= 4 is 34.6 Å². The Kier molecular flexibility index (Phi) is 4.36. The summed E-state index contributed by atoms with van der Waals surface area (Å²) in [5.41, 5.74) is 1.61. The van der Waals surface area contributed by atoms with Crippen LogP contribution in [0.5, 0.6) is 0 Å². The van der Waals surface area contributed by atoms with Gasteiger partial charge in [0.15, 0.2) is 0 Å². The molecule has 0 bridgehead atoms. The molecule has 104 valence electrons. The molecule has 0 unspecified atom stereocenters. The van der Waals surface area contributed by atoms with Crippen LogP contribution >= 0.6 is 23.2 Å². The molecule has 8 heteroatoms. The topological polar surface area (TPSA) is 81.0 Å². The van der Waals surface area contributed by atoms with Gasteiger partial charge in [-0.25, -0.2) is 0 Å². The Morgan fingerprint density at radius 2 is 1.95 bits per heavy atom. The van der Waals surface area contributed by atoms with Crippen molar-refractivity contribution in [3.8, 4) is 0 Å². The molecule has 2 aromatic rings. The Morgan fingerprint density at radius 3 is 2.55 bits per heavy atom. The smallest absolute Gasteiger partial charge is 0.293 e. The van der Waals surface area contributed by atoms with E-state index < -0.39 is 4.92 Å². The van der Waals surface area contributed by atoms with Gasteiger partial charge < -0.3 is 5.32 Å². The zero-order chi connectivity index (χ0) is 14.7. The van der Waals surface area contributed by atoms with E-state index >= 15 is 0 Å². The number of aryl methyl sites for hydroxylation is 1. The molecule has 0 atom stereocenters. The molecule has 1 aromatic heterocycles. The molecule has 0 aliphatic rings. The minimum absolute atomic E-state index is 0.138. The molecule has 1 N–H and O–H groups in total. The SMILES string of the molecule is Cc1cnc(CNc2cc(Cl)c(Cl)cc2[N+](=O)[O-])cn1. The van der Waals surface area contributed by atoms with Crippen molar-refractivity contribution in [3.63, 3.8) is 0 Å². The van der Waals surface area contributed by atoms with Crippen LogP contribution in [0.1, 0.15) is 11.4 Å². The van der Waals surface area contributed by atoms with Crippen LogP contribution in [0.15, 0.2) is 24.5 Å². The Morgan fingerprint density at radius 1 is 1.25 bits per heavy atom. The number of hydrogen-bond donors (Lipinski definition) is 1. The minimum atomic E-state index is -0.522. The van der Waals surface area contributed by atoms with Crippen LogP contribution in [0.3, 0.4) is 0 Å². The van der Waals surface area contributed by atoms with Gasteiger partial charge in [-0.2, -0.15) is 0 Å². The van der Waals surface area contributed by atoms with Crippen LogP contribution in [0.25, 0.3) is 0 Å². The van der Waals surface area contributed by atoms with Gasteiger partial charge in [0, 0.05) is 12.3 Å². The molecule has 2 rings (SSSR count). The largest absolute Gasteiger partial charge is 0.374 e. The van der Waals surface area contributed by atoms with E-state index in [1.54, 1.807) is 12.4 Å². The van der Waals surface area contributed by atoms with E-state index in [9.17, 15) is 10.1 Å². The summed E-state index contributed by atoms with van der Waals surface area (Å²) in [6, 6.07) is 2.64.